The van der Waals surface area contributed by atoms with Gasteiger partial charge in [0.1, 0.15) is 11.0 Å². The maximum absolute atomic E-state index is 12.8. The highest BCUT2D eigenvalue weighted by Gasteiger charge is 2.32. The number of pyridine rings is 1. The monoisotopic (exact) mass is 292 g/mol. The van der Waals surface area contributed by atoms with Gasteiger partial charge < -0.3 is 4.90 Å². The lowest BCUT2D eigenvalue weighted by Gasteiger charge is -2.22. The van der Waals surface area contributed by atoms with Crippen molar-refractivity contribution in [3.8, 4) is 0 Å². The average molecular weight is 293 g/mol. The summed E-state index contributed by atoms with van der Waals surface area (Å²) < 4.78 is 38.3. The first kappa shape index (κ1) is 14.4. The third-order valence-corrected chi connectivity index (χ3v) is 3.64. The van der Waals surface area contributed by atoms with Gasteiger partial charge in [-0.25, -0.2) is 4.98 Å². The molecule has 0 spiro atoms. The molecule has 1 fully saturated rings. The zero-order chi connectivity index (χ0) is 14.0. The third-order valence-electron chi connectivity index (χ3n) is 3.45. The fraction of sp³-hybridized carbons (Fsp3) is 0.615. The molecule has 0 amide bonds. The average Bonchev–Trinajstić information content (AvgIpc) is 2.52. The molecule has 0 aliphatic carbocycles. The standard InChI is InChI=1S/C13H16ClF3N2/c1-9-3-2-5-19(6-4-9)12-8-10(13(15,16)17)7-11(14)18-12/h7-9H,2-6H2,1H3. The molecule has 106 valence electrons. The number of alkyl halides is 3. The Labute approximate surface area is 115 Å². The Hall–Kier alpha value is -0.970. The fourth-order valence-corrected chi connectivity index (χ4v) is 2.50. The van der Waals surface area contributed by atoms with Gasteiger partial charge >= 0.3 is 6.18 Å². The highest BCUT2D eigenvalue weighted by molar-refractivity contribution is 6.29. The summed E-state index contributed by atoms with van der Waals surface area (Å²) in [4.78, 5) is 5.92. The van der Waals surface area contributed by atoms with E-state index in [9.17, 15) is 13.2 Å². The van der Waals surface area contributed by atoms with Crippen LogP contribution in [0.5, 0.6) is 0 Å². The highest BCUT2D eigenvalue weighted by Crippen LogP contribution is 2.33. The minimum absolute atomic E-state index is 0.109. The van der Waals surface area contributed by atoms with Crippen LogP contribution in [-0.2, 0) is 6.18 Å². The van der Waals surface area contributed by atoms with Gasteiger partial charge in [0.05, 0.1) is 5.56 Å². The first-order chi connectivity index (χ1) is 8.86. The van der Waals surface area contributed by atoms with Gasteiger partial charge in [-0.2, -0.15) is 13.2 Å². The van der Waals surface area contributed by atoms with Crippen LogP contribution in [0.25, 0.3) is 0 Å². The second kappa shape index (κ2) is 5.57. The number of rotatable bonds is 1. The molecule has 19 heavy (non-hydrogen) atoms. The Kier molecular flexibility index (Phi) is 4.23. The quantitative estimate of drug-likeness (QED) is 0.714. The van der Waals surface area contributed by atoms with E-state index in [0.717, 1.165) is 44.5 Å². The first-order valence-corrected chi connectivity index (χ1v) is 6.74. The minimum Gasteiger partial charge on any atom is -0.357 e. The van der Waals surface area contributed by atoms with Crippen LogP contribution in [0.3, 0.4) is 0 Å². The summed E-state index contributed by atoms with van der Waals surface area (Å²) in [5.41, 5.74) is -0.736. The van der Waals surface area contributed by atoms with Crippen molar-refractivity contribution >= 4 is 17.4 Å². The van der Waals surface area contributed by atoms with Crippen molar-refractivity contribution in [3.05, 3.63) is 22.8 Å². The van der Waals surface area contributed by atoms with E-state index in [1.54, 1.807) is 0 Å². The van der Waals surface area contributed by atoms with Crippen LogP contribution in [0, 0.1) is 5.92 Å². The van der Waals surface area contributed by atoms with Gasteiger partial charge in [0.15, 0.2) is 0 Å². The molecule has 2 rings (SSSR count). The van der Waals surface area contributed by atoms with Crippen molar-refractivity contribution in [3.63, 3.8) is 0 Å². The molecule has 1 aromatic heterocycles. The predicted molar refractivity (Wildman–Crippen MR) is 69.5 cm³/mol. The summed E-state index contributed by atoms with van der Waals surface area (Å²) >= 11 is 5.71. The summed E-state index contributed by atoms with van der Waals surface area (Å²) in [6.45, 7) is 3.62. The van der Waals surface area contributed by atoms with Crippen LogP contribution in [0.15, 0.2) is 12.1 Å². The van der Waals surface area contributed by atoms with E-state index in [4.69, 9.17) is 11.6 Å². The molecule has 0 aromatic carbocycles. The maximum Gasteiger partial charge on any atom is 0.416 e. The van der Waals surface area contributed by atoms with Crippen LogP contribution in [-0.4, -0.2) is 18.1 Å². The smallest absolute Gasteiger partial charge is 0.357 e. The maximum atomic E-state index is 12.8. The molecular weight excluding hydrogens is 277 g/mol. The van der Waals surface area contributed by atoms with Crippen LogP contribution < -0.4 is 4.90 Å². The number of hydrogen-bond acceptors (Lipinski definition) is 2. The van der Waals surface area contributed by atoms with E-state index in [0.29, 0.717) is 11.7 Å². The van der Waals surface area contributed by atoms with Gasteiger partial charge in [0, 0.05) is 13.1 Å². The summed E-state index contributed by atoms with van der Waals surface area (Å²) in [7, 11) is 0. The summed E-state index contributed by atoms with van der Waals surface area (Å²) in [6.07, 6.45) is -1.35. The molecule has 0 saturated carbocycles. The SMILES string of the molecule is CC1CCCN(c2cc(C(F)(F)F)cc(Cl)n2)CC1. The minimum atomic E-state index is -4.39. The molecular formula is C13H16ClF3N2. The van der Waals surface area contributed by atoms with Crippen LogP contribution in [0.2, 0.25) is 5.15 Å². The van der Waals surface area contributed by atoms with E-state index in [-0.39, 0.29) is 5.15 Å². The normalized spacial score (nSPS) is 21.3. The molecule has 1 unspecified atom stereocenters. The van der Waals surface area contributed by atoms with Crippen LogP contribution in [0.1, 0.15) is 31.7 Å². The van der Waals surface area contributed by atoms with E-state index in [1.165, 1.54) is 0 Å². The number of aromatic nitrogens is 1. The van der Waals surface area contributed by atoms with Crippen LogP contribution >= 0.6 is 11.6 Å². The Bertz CT molecular complexity index is 448. The summed E-state index contributed by atoms with van der Waals surface area (Å²) in [5, 5.41) is -0.109. The largest absolute Gasteiger partial charge is 0.416 e. The molecule has 0 radical (unpaired) electrons. The van der Waals surface area contributed by atoms with E-state index in [1.807, 2.05) is 4.90 Å². The second-order valence-corrected chi connectivity index (χ2v) is 5.44. The molecule has 1 saturated heterocycles. The van der Waals surface area contributed by atoms with Gasteiger partial charge in [0.25, 0.3) is 0 Å². The second-order valence-electron chi connectivity index (χ2n) is 5.06. The van der Waals surface area contributed by atoms with Crippen LogP contribution in [0.4, 0.5) is 19.0 Å². The van der Waals surface area contributed by atoms with Gasteiger partial charge in [-0.3, -0.25) is 0 Å². The van der Waals surface area contributed by atoms with Crippen molar-refractivity contribution < 1.29 is 13.2 Å². The lowest BCUT2D eigenvalue weighted by Crippen LogP contribution is -2.25. The van der Waals surface area contributed by atoms with Crippen molar-refractivity contribution in [1.29, 1.82) is 0 Å². The van der Waals surface area contributed by atoms with E-state index < -0.39 is 11.7 Å². The van der Waals surface area contributed by atoms with E-state index in [2.05, 4.69) is 11.9 Å². The number of hydrogen-bond donors (Lipinski definition) is 0. The van der Waals surface area contributed by atoms with Gasteiger partial charge in [-0.1, -0.05) is 18.5 Å². The molecule has 2 heterocycles. The Morgan fingerprint density at radius 2 is 2.00 bits per heavy atom. The van der Waals surface area contributed by atoms with Crippen molar-refractivity contribution in [1.82, 2.24) is 4.98 Å². The molecule has 0 bridgehead atoms. The van der Waals surface area contributed by atoms with Crippen molar-refractivity contribution in [2.75, 3.05) is 18.0 Å². The molecule has 0 N–H and O–H groups in total. The molecule has 2 nitrogen and oxygen atoms in total. The number of anilines is 1. The third kappa shape index (κ3) is 3.75. The molecule has 1 aliphatic rings. The summed E-state index contributed by atoms with van der Waals surface area (Å²) in [5.74, 6) is 0.931. The molecule has 6 heteroatoms. The zero-order valence-electron chi connectivity index (χ0n) is 10.7. The number of nitrogens with zero attached hydrogens (tertiary/aromatic N) is 2. The molecule has 1 atom stereocenters. The first-order valence-electron chi connectivity index (χ1n) is 6.36. The molecule has 1 aromatic rings. The Morgan fingerprint density at radius 3 is 2.68 bits per heavy atom. The molecule has 1 aliphatic heterocycles. The van der Waals surface area contributed by atoms with Gasteiger partial charge in [0.2, 0.25) is 0 Å². The summed E-state index contributed by atoms with van der Waals surface area (Å²) in [6, 6.07) is 1.95. The lowest BCUT2D eigenvalue weighted by atomic mass is 10.0. The van der Waals surface area contributed by atoms with Gasteiger partial charge in [-0.15, -0.1) is 0 Å². The fourth-order valence-electron chi connectivity index (χ4n) is 2.30. The number of halogens is 4. The lowest BCUT2D eigenvalue weighted by molar-refractivity contribution is -0.137. The van der Waals surface area contributed by atoms with Crippen molar-refractivity contribution in [2.45, 2.75) is 32.4 Å². The Balaban J connectivity index is 2.26. The van der Waals surface area contributed by atoms with E-state index >= 15 is 0 Å². The predicted octanol–water partition coefficient (Wildman–Crippen LogP) is 4.38. The topological polar surface area (TPSA) is 16.1 Å². The van der Waals surface area contributed by atoms with Gasteiger partial charge in [-0.05, 0) is 37.3 Å². The Morgan fingerprint density at radius 1 is 1.26 bits per heavy atom. The zero-order valence-corrected chi connectivity index (χ0v) is 11.4. The highest BCUT2D eigenvalue weighted by atomic mass is 35.5. The van der Waals surface area contributed by atoms with Crippen molar-refractivity contribution in [2.24, 2.45) is 5.92 Å².